The Hall–Kier alpha value is -1.29. The monoisotopic (exact) mass is 275 g/mol. The zero-order valence-corrected chi connectivity index (χ0v) is 12.5. The van der Waals surface area contributed by atoms with E-state index in [1.807, 2.05) is 0 Å². The van der Waals surface area contributed by atoms with Crippen LogP contribution in [0.1, 0.15) is 37.6 Å². The van der Waals surface area contributed by atoms with Crippen molar-refractivity contribution in [1.29, 1.82) is 0 Å². The van der Waals surface area contributed by atoms with E-state index in [0.29, 0.717) is 6.04 Å². The van der Waals surface area contributed by atoms with Gasteiger partial charge in [-0.1, -0.05) is 12.8 Å². The van der Waals surface area contributed by atoms with E-state index >= 15 is 0 Å². The van der Waals surface area contributed by atoms with Gasteiger partial charge in [0.15, 0.2) is 0 Å². The molecule has 2 aromatic rings. The van der Waals surface area contributed by atoms with E-state index < -0.39 is 0 Å². The van der Waals surface area contributed by atoms with Crippen LogP contribution in [0.2, 0.25) is 0 Å². The van der Waals surface area contributed by atoms with Gasteiger partial charge in [-0.15, -0.1) is 11.3 Å². The van der Waals surface area contributed by atoms with Crippen molar-refractivity contribution in [2.24, 2.45) is 0 Å². The van der Waals surface area contributed by atoms with Crippen molar-refractivity contribution in [3.8, 4) is 0 Å². The van der Waals surface area contributed by atoms with Gasteiger partial charge in [-0.25, -0.2) is 4.98 Å². The molecule has 0 spiro atoms. The van der Waals surface area contributed by atoms with E-state index in [9.17, 15) is 0 Å². The van der Waals surface area contributed by atoms with Crippen LogP contribution in [0.3, 0.4) is 0 Å². The number of aryl methyl sites for hydroxylation is 1. The zero-order valence-electron chi connectivity index (χ0n) is 11.6. The van der Waals surface area contributed by atoms with Gasteiger partial charge in [-0.05, 0) is 38.8 Å². The molecule has 1 aliphatic rings. The molecule has 3 rings (SSSR count). The largest absolute Gasteiger partial charge is 0.397 e. The molecule has 1 saturated carbocycles. The summed E-state index contributed by atoms with van der Waals surface area (Å²) < 4.78 is 1.20. The summed E-state index contributed by atoms with van der Waals surface area (Å²) in [6.07, 6.45) is 5.28. The molecule has 0 bridgehead atoms. The fourth-order valence-corrected chi connectivity index (χ4v) is 4.04. The summed E-state index contributed by atoms with van der Waals surface area (Å²) >= 11 is 1.72. The molecule has 0 saturated heterocycles. The van der Waals surface area contributed by atoms with Crippen molar-refractivity contribution in [2.75, 3.05) is 17.2 Å². The molecule has 0 atom stereocenters. The Bertz CT molecular complexity index is 584. The minimum Gasteiger partial charge on any atom is -0.397 e. The van der Waals surface area contributed by atoms with Gasteiger partial charge < -0.3 is 10.6 Å². The summed E-state index contributed by atoms with van der Waals surface area (Å²) in [4.78, 5) is 7.06. The quantitative estimate of drug-likeness (QED) is 0.862. The lowest BCUT2D eigenvalue weighted by molar-refractivity contribution is 0.621. The number of nitrogens with two attached hydrogens (primary N) is 1. The predicted octanol–water partition coefficient (Wildman–Crippen LogP) is 3.96. The van der Waals surface area contributed by atoms with Crippen molar-refractivity contribution in [3.05, 3.63) is 17.1 Å². The van der Waals surface area contributed by atoms with Crippen molar-refractivity contribution >= 4 is 32.9 Å². The van der Waals surface area contributed by atoms with Crippen LogP contribution in [-0.2, 0) is 0 Å². The van der Waals surface area contributed by atoms with E-state index in [0.717, 1.165) is 22.8 Å². The minimum atomic E-state index is 0.657. The lowest BCUT2D eigenvalue weighted by Gasteiger charge is -2.31. The molecule has 0 aliphatic heterocycles. The van der Waals surface area contributed by atoms with E-state index in [4.69, 9.17) is 5.73 Å². The molecule has 19 heavy (non-hydrogen) atoms. The van der Waals surface area contributed by atoms with Crippen LogP contribution < -0.4 is 10.6 Å². The number of fused-ring (bicyclic) bond motifs is 1. The van der Waals surface area contributed by atoms with Gasteiger partial charge in [-0.2, -0.15) is 0 Å². The van der Waals surface area contributed by atoms with Gasteiger partial charge in [-0.3, -0.25) is 0 Å². The third-order valence-corrected chi connectivity index (χ3v) is 4.99. The number of rotatable bonds is 3. The molecule has 0 unspecified atom stereocenters. The number of hydrogen-bond donors (Lipinski definition) is 1. The molecular formula is C15H21N3S. The van der Waals surface area contributed by atoms with Crippen LogP contribution in [0.5, 0.6) is 0 Å². The van der Waals surface area contributed by atoms with E-state index in [1.165, 1.54) is 36.1 Å². The third-order valence-electron chi connectivity index (χ3n) is 4.06. The average molecular weight is 275 g/mol. The normalized spacial score (nSPS) is 16.3. The zero-order chi connectivity index (χ0) is 13.4. The predicted molar refractivity (Wildman–Crippen MR) is 84.0 cm³/mol. The summed E-state index contributed by atoms with van der Waals surface area (Å²) in [5.74, 6) is 0. The van der Waals surface area contributed by atoms with Gasteiger partial charge >= 0.3 is 0 Å². The lowest BCUT2D eigenvalue weighted by Crippen LogP contribution is -2.33. The Morgan fingerprint density at radius 3 is 2.79 bits per heavy atom. The first-order valence-corrected chi connectivity index (χ1v) is 7.94. The highest BCUT2D eigenvalue weighted by Gasteiger charge is 2.23. The maximum atomic E-state index is 6.28. The van der Waals surface area contributed by atoms with Crippen LogP contribution >= 0.6 is 11.3 Å². The van der Waals surface area contributed by atoms with Crippen LogP contribution in [0.4, 0.5) is 11.4 Å². The highest BCUT2D eigenvalue weighted by Crippen LogP contribution is 2.35. The Labute approximate surface area is 118 Å². The average Bonchev–Trinajstić information content (AvgIpc) is 2.99. The van der Waals surface area contributed by atoms with Crippen molar-refractivity contribution in [2.45, 2.75) is 45.6 Å². The van der Waals surface area contributed by atoms with Gasteiger partial charge in [0.25, 0.3) is 0 Å². The minimum absolute atomic E-state index is 0.657. The van der Waals surface area contributed by atoms with Crippen molar-refractivity contribution in [1.82, 2.24) is 4.98 Å². The summed E-state index contributed by atoms with van der Waals surface area (Å²) in [6, 6.07) is 4.92. The van der Waals surface area contributed by atoms with Crippen LogP contribution in [-0.4, -0.2) is 17.6 Å². The second-order valence-corrected chi connectivity index (χ2v) is 6.57. The first-order chi connectivity index (χ1) is 9.19. The van der Waals surface area contributed by atoms with Crippen LogP contribution in [0.25, 0.3) is 10.2 Å². The van der Waals surface area contributed by atoms with Crippen LogP contribution in [0, 0.1) is 6.92 Å². The Morgan fingerprint density at radius 2 is 2.11 bits per heavy atom. The van der Waals surface area contributed by atoms with E-state index in [2.05, 4.69) is 35.9 Å². The molecule has 0 amide bonds. The molecule has 102 valence electrons. The molecule has 3 nitrogen and oxygen atoms in total. The number of nitrogens with zero attached hydrogens (tertiary/aromatic N) is 2. The Balaban J connectivity index is 2.03. The number of benzene rings is 1. The van der Waals surface area contributed by atoms with Crippen molar-refractivity contribution in [3.63, 3.8) is 0 Å². The molecule has 1 aromatic heterocycles. The number of thiazole rings is 1. The third kappa shape index (κ3) is 2.29. The SMILES string of the molecule is CCN(c1cc2nc(C)sc2cc1N)C1CCCC1. The van der Waals surface area contributed by atoms with Crippen molar-refractivity contribution < 1.29 is 0 Å². The fraction of sp³-hybridized carbons (Fsp3) is 0.533. The van der Waals surface area contributed by atoms with Gasteiger partial charge in [0.05, 0.1) is 26.6 Å². The molecule has 1 fully saturated rings. The highest BCUT2D eigenvalue weighted by atomic mass is 32.1. The summed E-state index contributed by atoms with van der Waals surface area (Å²) in [5.41, 5.74) is 9.43. The van der Waals surface area contributed by atoms with Crippen LogP contribution in [0.15, 0.2) is 12.1 Å². The van der Waals surface area contributed by atoms with E-state index in [1.54, 1.807) is 11.3 Å². The summed E-state index contributed by atoms with van der Waals surface area (Å²) in [5, 5.41) is 1.11. The summed E-state index contributed by atoms with van der Waals surface area (Å²) in [6.45, 7) is 5.28. The maximum absolute atomic E-state index is 6.28. The molecular weight excluding hydrogens is 254 g/mol. The highest BCUT2D eigenvalue weighted by molar-refractivity contribution is 7.18. The second-order valence-electron chi connectivity index (χ2n) is 5.34. The second kappa shape index (κ2) is 5.00. The number of aromatic nitrogens is 1. The number of anilines is 2. The first kappa shape index (κ1) is 12.7. The number of nitrogen functional groups attached to an aromatic ring is 1. The summed E-state index contributed by atoms with van der Waals surface area (Å²) in [7, 11) is 0. The first-order valence-electron chi connectivity index (χ1n) is 7.12. The van der Waals surface area contributed by atoms with Gasteiger partial charge in [0.1, 0.15) is 0 Å². The van der Waals surface area contributed by atoms with Gasteiger partial charge in [0.2, 0.25) is 0 Å². The molecule has 1 aliphatic carbocycles. The standard InChI is InChI=1S/C15H21N3S/c1-3-18(11-6-4-5-7-11)14-9-13-15(8-12(14)16)19-10(2)17-13/h8-9,11H,3-7,16H2,1-2H3. The molecule has 2 N–H and O–H groups in total. The molecule has 1 aromatic carbocycles. The molecule has 1 heterocycles. The number of hydrogen-bond acceptors (Lipinski definition) is 4. The lowest BCUT2D eigenvalue weighted by atomic mass is 10.1. The fourth-order valence-electron chi connectivity index (χ4n) is 3.18. The molecule has 4 heteroatoms. The van der Waals surface area contributed by atoms with E-state index in [-0.39, 0.29) is 0 Å². The topological polar surface area (TPSA) is 42.2 Å². The Kier molecular flexibility index (Phi) is 3.35. The maximum Gasteiger partial charge on any atom is 0.0907 e. The van der Waals surface area contributed by atoms with Gasteiger partial charge in [0, 0.05) is 12.6 Å². The smallest absolute Gasteiger partial charge is 0.0907 e. The Morgan fingerprint density at radius 1 is 1.37 bits per heavy atom. The molecule has 0 radical (unpaired) electrons.